The summed E-state index contributed by atoms with van der Waals surface area (Å²) in [4.78, 5) is 17.3. The van der Waals surface area contributed by atoms with Crippen LogP contribution in [0.5, 0.6) is 0 Å². The highest BCUT2D eigenvalue weighted by Gasteiger charge is 2.31. The van der Waals surface area contributed by atoms with Gasteiger partial charge in [-0.15, -0.1) is 0 Å². The van der Waals surface area contributed by atoms with Gasteiger partial charge in [-0.2, -0.15) is 13.2 Å². The van der Waals surface area contributed by atoms with Gasteiger partial charge in [-0.05, 0) is 37.1 Å². The van der Waals surface area contributed by atoms with E-state index in [1.54, 1.807) is 4.57 Å². The van der Waals surface area contributed by atoms with Gasteiger partial charge in [0.2, 0.25) is 0 Å². The fourth-order valence-electron chi connectivity index (χ4n) is 3.22. The molecule has 5 rings (SSSR count). The Morgan fingerprint density at radius 3 is 2.47 bits per heavy atom. The minimum Gasteiger partial charge on any atom is -0.339 e. The van der Waals surface area contributed by atoms with Crippen molar-refractivity contribution in [2.75, 3.05) is 5.32 Å². The molecule has 0 bridgehead atoms. The molecule has 0 amide bonds. The molecule has 1 aliphatic carbocycles. The number of hydrogen-bond acceptors (Lipinski definition) is 5. The second-order valence-electron chi connectivity index (χ2n) is 7.04. The highest BCUT2D eigenvalue weighted by molar-refractivity contribution is 5.74. The van der Waals surface area contributed by atoms with Crippen molar-refractivity contribution < 1.29 is 17.6 Å². The molecule has 10 heteroatoms. The zero-order valence-electron chi connectivity index (χ0n) is 15.4. The summed E-state index contributed by atoms with van der Waals surface area (Å²) in [6.07, 6.45) is 1.64. The van der Waals surface area contributed by atoms with Crippen molar-refractivity contribution >= 4 is 22.7 Å². The summed E-state index contributed by atoms with van der Waals surface area (Å²) >= 11 is 0. The van der Waals surface area contributed by atoms with Crippen LogP contribution < -0.4 is 5.32 Å². The first-order valence-corrected chi connectivity index (χ1v) is 9.19. The minimum absolute atomic E-state index is 0.246. The molecule has 0 unspecified atom stereocenters. The van der Waals surface area contributed by atoms with E-state index >= 15 is 0 Å². The third kappa shape index (κ3) is 3.44. The predicted octanol–water partition coefficient (Wildman–Crippen LogP) is 4.99. The Balaban J connectivity index is 1.51. The van der Waals surface area contributed by atoms with E-state index in [1.807, 2.05) is 0 Å². The van der Waals surface area contributed by atoms with E-state index in [9.17, 15) is 17.6 Å². The van der Waals surface area contributed by atoms with Crippen molar-refractivity contribution in [3.63, 3.8) is 0 Å². The molecular formula is C20H14F4N6. The summed E-state index contributed by atoms with van der Waals surface area (Å²) in [7, 11) is 0. The Labute approximate surface area is 167 Å². The maximum atomic E-state index is 13.8. The summed E-state index contributed by atoms with van der Waals surface area (Å²) in [5.41, 5.74) is 0.598. The van der Waals surface area contributed by atoms with Crippen LogP contribution in [0.1, 0.15) is 30.1 Å². The van der Waals surface area contributed by atoms with Crippen LogP contribution in [0.3, 0.4) is 0 Å². The van der Waals surface area contributed by atoms with E-state index in [0.717, 1.165) is 37.0 Å². The zero-order chi connectivity index (χ0) is 20.9. The van der Waals surface area contributed by atoms with Crippen LogP contribution in [0.2, 0.25) is 0 Å². The number of alkyl halides is 3. The lowest BCUT2D eigenvalue weighted by atomic mass is 10.2. The van der Waals surface area contributed by atoms with Crippen LogP contribution in [0.15, 0.2) is 48.9 Å². The molecule has 6 nitrogen and oxygen atoms in total. The molecule has 30 heavy (non-hydrogen) atoms. The molecule has 1 fully saturated rings. The number of fused-ring (bicyclic) bond motifs is 1. The van der Waals surface area contributed by atoms with Crippen LogP contribution >= 0.6 is 0 Å². The van der Waals surface area contributed by atoms with E-state index in [-0.39, 0.29) is 5.92 Å². The van der Waals surface area contributed by atoms with Crippen molar-refractivity contribution in [3.8, 4) is 5.82 Å². The van der Waals surface area contributed by atoms with Crippen LogP contribution in [0.4, 0.5) is 29.1 Å². The van der Waals surface area contributed by atoms with E-state index in [2.05, 4.69) is 25.3 Å². The van der Waals surface area contributed by atoms with Gasteiger partial charge < -0.3 is 5.32 Å². The van der Waals surface area contributed by atoms with E-state index in [4.69, 9.17) is 0 Å². The first-order valence-electron chi connectivity index (χ1n) is 9.19. The molecule has 1 saturated carbocycles. The van der Waals surface area contributed by atoms with Crippen molar-refractivity contribution in [1.82, 2.24) is 24.5 Å². The van der Waals surface area contributed by atoms with Crippen LogP contribution in [0.25, 0.3) is 17.0 Å². The maximum Gasteiger partial charge on any atom is 0.416 e. The van der Waals surface area contributed by atoms with Gasteiger partial charge in [-0.3, -0.25) is 9.55 Å². The van der Waals surface area contributed by atoms with Gasteiger partial charge in [0, 0.05) is 17.7 Å². The Bertz CT molecular complexity index is 1230. The number of nitrogens with zero attached hydrogens (tertiary/aromatic N) is 5. The standard InChI is InChI=1S/C20H14F4N6/c21-13-7-15-18(26-8-13)29-19(11-1-2-11)30(15)17-10-25-9-16(28-17)27-14-5-3-12(4-6-14)20(22,23)24/h3-11H,1-2H2,(H,27,28). The fraction of sp³-hybridized carbons (Fsp3) is 0.200. The third-order valence-electron chi connectivity index (χ3n) is 4.78. The molecule has 3 aromatic heterocycles. The average Bonchev–Trinajstić information content (AvgIpc) is 3.49. The van der Waals surface area contributed by atoms with Crippen molar-refractivity contribution in [2.24, 2.45) is 0 Å². The second kappa shape index (κ2) is 6.75. The monoisotopic (exact) mass is 414 g/mol. The number of benzene rings is 1. The van der Waals surface area contributed by atoms with E-state index < -0.39 is 17.6 Å². The zero-order valence-corrected chi connectivity index (χ0v) is 15.4. The molecule has 3 heterocycles. The van der Waals surface area contributed by atoms with Crippen LogP contribution in [-0.4, -0.2) is 24.5 Å². The highest BCUT2D eigenvalue weighted by atomic mass is 19.4. The average molecular weight is 414 g/mol. The summed E-state index contributed by atoms with van der Waals surface area (Å²) in [6, 6.07) is 5.96. The number of nitrogens with one attached hydrogen (secondary N) is 1. The van der Waals surface area contributed by atoms with Gasteiger partial charge in [0.05, 0.1) is 29.7 Å². The smallest absolute Gasteiger partial charge is 0.339 e. The molecular weight excluding hydrogens is 400 g/mol. The molecule has 0 radical (unpaired) electrons. The predicted molar refractivity (Wildman–Crippen MR) is 101 cm³/mol. The first-order chi connectivity index (χ1) is 14.4. The van der Waals surface area contributed by atoms with Gasteiger partial charge in [-0.1, -0.05) is 0 Å². The molecule has 0 aliphatic heterocycles. The molecule has 1 aromatic carbocycles. The fourth-order valence-corrected chi connectivity index (χ4v) is 3.22. The van der Waals surface area contributed by atoms with E-state index in [1.165, 1.54) is 30.6 Å². The summed E-state index contributed by atoms with van der Waals surface area (Å²) in [6.45, 7) is 0. The number of aromatic nitrogens is 5. The second-order valence-corrected chi connectivity index (χ2v) is 7.04. The molecule has 0 spiro atoms. The normalized spacial score (nSPS) is 14.3. The number of pyridine rings is 1. The number of imidazole rings is 1. The summed E-state index contributed by atoms with van der Waals surface area (Å²) < 4.78 is 53.8. The summed E-state index contributed by atoms with van der Waals surface area (Å²) in [5.74, 6) is 1.25. The lowest BCUT2D eigenvalue weighted by Gasteiger charge is -2.11. The van der Waals surface area contributed by atoms with E-state index in [0.29, 0.717) is 28.5 Å². The van der Waals surface area contributed by atoms with Gasteiger partial charge >= 0.3 is 6.18 Å². The minimum atomic E-state index is -4.40. The van der Waals surface area contributed by atoms with Crippen molar-refractivity contribution in [3.05, 3.63) is 66.1 Å². The highest BCUT2D eigenvalue weighted by Crippen LogP contribution is 2.41. The van der Waals surface area contributed by atoms with Crippen molar-refractivity contribution in [2.45, 2.75) is 24.9 Å². The van der Waals surface area contributed by atoms with Gasteiger partial charge in [-0.25, -0.2) is 19.3 Å². The largest absolute Gasteiger partial charge is 0.416 e. The maximum absolute atomic E-state index is 13.8. The lowest BCUT2D eigenvalue weighted by molar-refractivity contribution is -0.137. The Morgan fingerprint density at radius 2 is 1.77 bits per heavy atom. The summed E-state index contributed by atoms with van der Waals surface area (Å²) in [5, 5.41) is 2.94. The molecule has 4 aromatic rings. The number of anilines is 2. The number of hydrogen-bond donors (Lipinski definition) is 1. The van der Waals surface area contributed by atoms with Gasteiger partial charge in [0.1, 0.15) is 11.6 Å². The number of halogens is 4. The van der Waals surface area contributed by atoms with Gasteiger partial charge in [0.15, 0.2) is 17.3 Å². The molecule has 1 aliphatic rings. The Hall–Kier alpha value is -3.56. The molecule has 0 saturated heterocycles. The SMILES string of the molecule is Fc1cnc2nc(C3CC3)n(-c3cncc(Nc4ccc(C(F)(F)F)cc4)n3)c2c1. The van der Waals surface area contributed by atoms with Gasteiger partial charge in [0.25, 0.3) is 0 Å². The quantitative estimate of drug-likeness (QED) is 0.477. The van der Waals surface area contributed by atoms with Crippen LogP contribution in [0, 0.1) is 5.82 Å². The first kappa shape index (κ1) is 18.5. The topological polar surface area (TPSA) is 68.5 Å². The Morgan fingerprint density at radius 1 is 1.00 bits per heavy atom. The Kier molecular flexibility index (Phi) is 4.16. The molecule has 0 atom stereocenters. The molecule has 1 N–H and O–H groups in total. The third-order valence-corrected chi connectivity index (χ3v) is 4.78. The lowest BCUT2D eigenvalue weighted by Crippen LogP contribution is -2.06. The van der Waals surface area contributed by atoms with Crippen molar-refractivity contribution in [1.29, 1.82) is 0 Å². The molecule has 152 valence electrons. The number of rotatable bonds is 4. The van der Waals surface area contributed by atoms with Crippen LogP contribution in [-0.2, 0) is 6.18 Å².